The molecular weight excluding hydrogens is 330 g/mol. The van der Waals surface area contributed by atoms with E-state index in [0.29, 0.717) is 16.2 Å². The molecular formula is C25H51NO. The Kier molecular flexibility index (Phi) is 10.9. The molecule has 2 heteroatoms. The highest BCUT2D eigenvalue weighted by molar-refractivity contribution is 4.98. The Labute approximate surface area is 171 Å². The van der Waals surface area contributed by atoms with E-state index in [1.54, 1.807) is 0 Å². The smallest absolute Gasteiger partial charge is 0.0594 e. The van der Waals surface area contributed by atoms with Gasteiger partial charge in [0.1, 0.15) is 0 Å². The summed E-state index contributed by atoms with van der Waals surface area (Å²) in [6.07, 6.45) is 13.9. The molecule has 0 aromatic heterocycles. The van der Waals surface area contributed by atoms with Gasteiger partial charge in [-0.25, -0.2) is 0 Å². The first-order valence-corrected chi connectivity index (χ1v) is 11.9. The number of unbranched alkanes of at least 4 members (excludes halogenated alkanes) is 6. The molecule has 0 radical (unpaired) electrons. The molecule has 0 atom stereocenters. The van der Waals surface area contributed by atoms with Crippen LogP contribution in [0.5, 0.6) is 0 Å². The van der Waals surface area contributed by atoms with Crippen LogP contribution in [0.3, 0.4) is 0 Å². The van der Waals surface area contributed by atoms with Crippen LogP contribution in [0.4, 0.5) is 0 Å². The van der Waals surface area contributed by atoms with E-state index in [1.165, 1.54) is 70.8 Å². The van der Waals surface area contributed by atoms with Crippen molar-refractivity contribution in [1.29, 1.82) is 0 Å². The van der Waals surface area contributed by atoms with Gasteiger partial charge in [-0.15, -0.1) is 0 Å². The van der Waals surface area contributed by atoms with Crippen LogP contribution in [-0.2, 0) is 4.74 Å². The summed E-state index contributed by atoms with van der Waals surface area (Å²) in [7, 11) is 0. The van der Waals surface area contributed by atoms with Crippen molar-refractivity contribution >= 4 is 0 Å². The third kappa shape index (κ3) is 8.05. The standard InChI is InChI=1S/C25H51NO/c1-8-9-10-11-13-16-25(23(2,3)4,24(5,6)7)17-14-12-15-18-26-19-21-27-22-20-26/h8-22H2,1-7H3. The molecule has 162 valence electrons. The highest BCUT2D eigenvalue weighted by Crippen LogP contribution is 2.57. The predicted octanol–water partition coefficient (Wildman–Crippen LogP) is 7.32. The normalized spacial score (nSPS) is 17.4. The van der Waals surface area contributed by atoms with Crippen molar-refractivity contribution in [2.24, 2.45) is 16.2 Å². The molecule has 1 heterocycles. The summed E-state index contributed by atoms with van der Waals surface area (Å²) in [5.74, 6) is 0. The number of morpholine rings is 1. The largest absolute Gasteiger partial charge is 0.379 e. The maximum Gasteiger partial charge on any atom is 0.0594 e. The van der Waals surface area contributed by atoms with Crippen molar-refractivity contribution in [3.8, 4) is 0 Å². The van der Waals surface area contributed by atoms with Gasteiger partial charge >= 0.3 is 0 Å². The molecule has 1 rings (SSSR count). The summed E-state index contributed by atoms with van der Waals surface area (Å²) in [5.41, 5.74) is 1.16. The van der Waals surface area contributed by atoms with Crippen LogP contribution < -0.4 is 0 Å². The third-order valence-corrected chi connectivity index (χ3v) is 7.26. The van der Waals surface area contributed by atoms with Crippen LogP contribution >= 0.6 is 0 Å². The van der Waals surface area contributed by atoms with Crippen LogP contribution in [-0.4, -0.2) is 37.7 Å². The molecule has 27 heavy (non-hydrogen) atoms. The lowest BCUT2D eigenvalue weighted by atomic mass is 9.50. The minimum Gasteiger partial charge on any atom is -0.379 e. The van der Waals surface area contributed by atoms with Gasteiger partial charge in [0.25, 0.3) is 0 Å². The maximum atomic E-state index is 5.47. The minimum atomic E-state index is 0.361. The average Bonchev–Trinajstić information content (AvgIpc) is 2.58. The van der Waals surface area contributed by atoms with Crippen molar-refractivity contribution in [3.05, 3.63) is 0 Å². The highest BCUT2D eigenvalue weighted by Gasteiger charge is 2.48. The van der Waals surface area contributed by atoms with E-state index in [1.807, 2.05) is 0 Å². The molecule has 0 saturated carbocycles. The van der Waals surface area contributed by atoms with Crippen molar-refractivity contribution in [2.75, 3.05) is 32.8 Å². The zero-order valence-electron chi connectivity index (χ0n) is 20.0. The molecule has 0 spiro atoms. The lowest BCUT2D eigenvalue weighted by molar-refractivity contribution is -0.0523. The van der Waals surface area contributed by atoms with Crippen LogP contribution in [0, 0.1) is 16.2 Å². The maximum absolute atomic E-state index is 5.47. The van der Waals surface area contributed by atoms with Crippen molar-refractivity contribution in [1.82, 2.24) is 4.90 Å². The first-order valence-electron chi connectivity index (χ1n) is 11.9. The van der Waals surface area contributed by atoms with Gasteiger partial charge < -0.3 is 4.74 Å². The second kappa shape index (κ2) is 11.8. The lowest BCUT2D eigenvalue weighted by Crippen LogP contribution is -2.46. The second-order valence-electron chi connectivity index (χ2n) is 11.0. The molecule has 0 amide bonds. The van der Waals surface area contributed by atoms with E-state index < -0.39 is 0 Å². The van der Waals surface area contributed by atoms with Crippen molar-refractivity contribution in [3.63, 3.8) is 0 Å². The first kappa shape index (κ1) is 25.0. The zero-order chi connectivity index (χ0) is 20.4. The van der Waals surface area contributed by atoms with Crippen LogP contribution in [0.1, 0.15) is 113 Å². The summed E-state index contributed by atoms with van der Waals surface area (Å²) in [6, 6.07) is 0. The van der Waals surface area contributed by atoms with Gasteiger partial charge in [-0.1, -0.05) is 93.4 Å². The van der Waals surface area contributed by atoms with Gasteiger partial charge in [-0.2, -0.15) is 0 Å². The number of nitrogens with zero attached hydrogens (tertiary/aromatic N) is 1. The zero-order valence-corrected chi connectivity index (χ0v) is 20.0. The molecule has 1 fully saturated rings. The predicted molar refractivity (Wildman–Crippen MR) is 120 cm³/mol. The molecule has 0 N–H and O–H groups in total. The fraction of sp³-hybridized carbons (Fsp3) is 1.00. The molecule has 0 unspecified atom stereocenters. The molecule has 0 aromatic carbocycles. The second-order valence-corrected chi connectivity index (χ2v) is 11.0. The molecule has 1 aliphatic heterocycles. The molecule has 0 aliphatic carbocycles. The van der Waals surface area contributed by atoms with E-state index in [4.69, 9.17) is 4.74 Å². The number of rotatable bonds is 12. The van der Waals surface area contributed by atoms with E-state index in [9.17, 15) is 0 Å². The Morgan fingerprint density at radius 1 is 0.667 bits per heavy atom. The lowest BCUT2D eigenvalue weighted by Gasteiger charge is -2.55. The number of hydrogen-bond acceptors (Lipinski definition) is 2. The Morgan fingerprint density at radius 2 is 1.15 bits per heavy atom. The van der Waals surface area contributed by atoms with E-state index >= 15 is 0 Å². The SMILES string of the molecule is CCCCCCCC(CCCCCN1CCOCC1)(C(C)(C)C)C(C)(C)C. The molecule has 2 nitrogen and oxygen atoms in total. The van der Waals surface area contributed by atoms with Gasteiger partial charge in [0.2, 0.25) is 0 Å². The molecule has 0 aromatic rings. The Morgan fingerprint density at radius 3 is 1.63 bits per heavy atom. The minimum absolute atomic E-state index is 0.361. The first-order chi connectivity index (χ1) is 12.6. The summed E-state index contributed by atoms with van der Waals surface area (Å²) >= 11 is 0. The fourth-order valence-electron chi connectivity index (χ4n) is 5.54. The number of hydrogen-bond donors (Lipinski definition) is 0. The summed E-state index contributed by atoms with van der Waals surface area (Å²) in [5, 5.41) is 0. The van der Waals surface area contributed by atoms with E-state index in [-0.39, 0.29) is 0 Å². The summed E-state index contributed by atoms with van der Waals surface area (Å²) in [4.78, 5) is 2.58. The van der Waals surface area contributed by atoms with Gasteiger partial charge in [-0.05, 0) is 42.1 Å². The Balaban J connectivity index is 2.55. The summed E-state index contributed by atoms with van der Waals surface area (Å²) < 4.78 is 5.47. The highest BCUT2D eigenvalue weighted by atomic mass is 16.5. The topological polar surface area (TPSA) is 12.5 Å². The van der Waals surface area contributed by atoms with Crippen LogP contribution in [0.15, 0.2) is 0 Å². The van der Waals surface area contributed by atoms with Gasteiger partial charge in [0, 0.05) is 13.1 Å². The van der Waals surface area contributed by atoms with Gasteiger partial charge in [0.15, 0.2) is 0 Å². The van der Waals surface area contributed by atoms with Crippen molar-refractivity contribution < 1.29 is 4.74 Å². The quantitative estimate of drug-likeness (QED) is 0.328. The number of ether oxygens (including phenoxy) is 1. The summed E-state index contributed by atoms with van der Waals surface area (Å²) in [6.45, 7) is 22.7. The Bertz CT molecular complexity index is 357. The average molecular weight is 382 g/mol. The van der Waals surface area contributed by atoms with E-state index in [2.05, 4.69) is 53.4 Å². The van der Waals surface area contributed by atoms with E-state index in [0.717, 1.165) is 26.3 Å². The Hall–Kier alpha value is -0.0800. The van der Waals surface area contributed by atoms with Gasteiger partial charge in [0.05, 0.1) is 13.2 Å². The van der Waals surface area contributed by atoms with Gasteiger partial charge in [-0.3, -0.25) is 4.90 Å². The fourth-order valence-corrected chi connectivity index (χ4v) is 5.54. The van der Waals surface area contributed by atoms with Crippen LogP contribution in [0.2, 0.25) is 0 Å². The third-order valence-electron chi connectivity index (χ3n) is 7.26. The molecule has 1 aliphatic rings. The molecule has 1 saturated heterocycles. The monoisotopic (exact) mass is 381 g/mol. The van der Waals surface area contributed by atoms with Crippen LogP contribution in [0.25, 0.3) is 0 Å². The molecule has 0 bridgehead atoms. The van der Waals surface area contributed by atoms with Crippen molar-refractivity contribution in [2.45, 2.75) is 113 Å².